The molecule has 3 aromatic rings. The maximum absolute atomic E-state index is 12.2. The van der Waals surface area contributed by atoms with Crippen LogP contribution >= 0.6 is 0 Å². The van der Waals surface area contributed by atoms with E-state index in [4.69, 9.17) is 4.74 Å². The number of amides is 1. The van der Waals surface area contributed by atoms with Crippen molar-refractivity contribution in [3.8, 4) is 0 Å². The van der Waals surface area contributed by atoms with Gasteiger partial charge in [-0.25, -0.2) is 4.98 Å². The fourth-order valence-electron chi connectivity index (χ4n) is 3.42. The Labute approximate surface area is 167 Å². The Morgan fingerprint density at radius 3 is 2.66 bits per heavy atom. The van der Waals surface area contributed by atoms with Gasteiger partial charge in [0.25, 0.3) is 5.56 Å². The number of nitrogens with zero attached hydrogens (tertiary/aromatic N) is 3. The number of fused-ring (bicyclic) bond motifs is 1. The van der Waals surface area contributed by atoms with E-state index in [9.17, 15) is 14.4 Å². The molecule has 0 unspecified atom stereocenters. The van der Waals surface area contributed by atoms with Gasteiger partial charge >= 0.3 is 5.97 Å². The summed E-state index contributed by atoms with van der Waals surface area (Å²) >= 11 is 0. The van der Waals surface area contributed by atoms with Crippen molar-refractivity contribution in [2.45, 2.75) is 32.8 Å². The summed E-state index contributed by atoms with van der Waals surface area (Å²) < 4.78 is 6.76. The van der Waals surface area contributed by atoms with Crippen LogP contribution in [0.2, 0.25) is 0 Å². The van der Waals surface area contributed by atoms with Crippen LogP contribution < -0.4 is 10.5 Å². The Morgan fingerprint density at radius 2 is 1.93 bits per heavy atom. The highest BCUT2D eigenvalue weighted by molar-refractivity contribution is 5.95. The monoisotopic (exact) mass is 391 g/mol. The van der Waals surface area contributed by atoms with Gasteiger partial charge in [-0.1, -0.05) is 18.2 Å². The van der Waals surface area contributed by atoms with Crippen LogP contribution in [0.1, 0.15) is 29.7 Å². The summed E-state index contributed by atoms with van der Waals surface area (Å²) in [7, 11) is 0. The van der Waals surface area contributed by atoms with E-state index >= 15 is 0 Å². The van der Waals surface area contributed by atoms with E-state index in [2.05, 4.69) is 4.98 Å². The molecule has 1 aliphatic heterocycles. The summed E-state index contributed by atoms with van der Waals surface area (Å²) in [5.74, 6) is -0.271. The minimum atomic E-state index is -0.402. The highest BCUT2D eigenvalue weighted by Crippen LogP contribution is 2.21. The van der Waals surface area contributed by atoms with Crippen molar-refractivity contribution in [1.29, 1.82) is 0 Å². The molecule has 0 radical (unpaired) electrons. The van der Waals surface area contributed by atoms with E-state index in [1.165, 1.54) is 10.5 Å². The van der Waals surface area contributed by atoms with Crippen LogP contribution in [-0.4, -0.2) is 27.8 Å². The first kappa shape index (κ1) is 18.9. The number of pyridine rings is 1. The zero-order chi connectivity index (χ0) is 20.4. The lowest BCUT2D eigenvalue weighted by Crippen LogP contribution is -2.23. The van der Waals surface area contributed by atoms with Gasteiger partial charge in [-0.15, -0.1) is 0 Å². The molecule has 29 heavy (non-hydrogen) atoms. The van der Waals surface area contributed by atoms with E-state index in [0.29, 0.717) is 17.8 Å². The molecule has 0 saturated carbocycles. The standard InChI is InChI=1S/C22H21N3O4/c1-15-4-9-19-23-17(12-21(27)25(19)13-15)14-29-22(28)11-16-5-7-18(8-6-16)24-10-2-3-20(24)26/h4-9,12-13H,2-3,10-11,14H2,1H3. The number of esters is 1. The molecule has 1 fully saturated rings. The van der Waals surface area contributed by atoms with Crippen LogP contribution in [0, 0.1) is 6.92 Å². The topological polar surface area (TPSA) is 81.0 Å². The molecular weight excluding hydrogens is 370 g/mol. The molecule has 3 heterocycles. The van der Waals surface area contributed by atoms with Gasteiger partial charge in [-0.3, -0.25) is 18.8 Å². The quantitative estimate of drug-likeness (QED) is 0.624. The van der Waals surface area contributed by atoms with E-state index in [1.807, 2.05) is 37.3 Å². The number of carbonyl (C=O) groups is 2. The maximum Gasteiger partial charge on any atom is 0.310 e. The number of hydrogen-bond acceptors (Lipinski definition) is 5. The molecule has 0 N–H and O–H groups in total. The van der Waals surface area contributed by atoms with Crippen molar-refractivity contribution in [2.24, 2.45) is 0 Å². The summed E-state index contributed by atoms with van der Waals surface area (Å²) in [6.45, 7) is 2.58. The molecule has 4 rings (SSSR count). The molecule has 0 bridgehead atoms. The minimum Gasteiger partial charge on any atom is -0.459 e. The van der Waals surface area contributed by atoms with Crippen molar-refractivity contribution in [2.75, 3.05) is 11.4 Å². The van der Waals surface area contributed by atoms with Crippen molar-refractivity contribution in [3.63, 3.8) is 0 Å². The number of hydrogen-bond donors (Lipinski definition) is 0. The van der Waals surface area contributed by atoms with Crippen LogP contribution in [0.25, 0.3) is 5.65 Å². The maximum atomic E-state index is 12.2. The number of carbonyl (C=O) groups excluding carboxylic acids is 2. The van der Waals surface area contributed by atoms with Crippen LogP contribution in [0.4, 0.5) is 5.69 Å². The number of benzene rings is 1. The summed E-state index contributed by atoms with van der Waals surface area (Å²) in [5, 5.41) is 0. The van der Waals surface area contributed by atoms with Gasteiger partial charge in [0.1, 0.15) is 12.3 Å². The van der Waals surface area contributed by atoms with E-state index < -0.39 is 5.97 Å². The zero-order valence-corrected chi connectivity index (χ0v) is 16.1. The first-order valence-corrected chi connectivity index (χ1v) is 9.53. The molecule has 7 nitrogen and oxygen atoms in total. The summed E-state index contributed by atoms with van der Waals surface area (Å²) in [5.41, 5.74) is 3.32. The predicted octanol–water partition coefficient (Wildman–Crippen LogP) is 2.42. The number of anilines is 1. The fraction of sp³-hybridized carbons (Fsp3) is 0.273. The first-order chi connectivity index (χ1) is 14.0. The number of ether oxygens (including phenoxy) is 1. The fourth-order valence-corrected chi connectivity index (χ4v) is 3.42. The Bertz CT molecular complexity index is 1130. The lowest BCUT2D eigenvalue weighted by atomic mass is 10.1. The smallest absolute Gasteiger partial charge is 0.310 e. The molecule has 148 valence electrons. The van der Waals surface area contributed by atoms with E-state index in [1.54, 1.807) is 17.2 Å². The molecular formula is C22H21N3O4. The normalized spacial score (nSPS) is 13.8. The van der Waals surface area contributed by atoms with E-state index in [0.717, 1.165) is 29.8 Å². The zero-order valence-electron chi connectivity index (χ0n) is 16.1. The number of rotatable bonds is 5. The third kappa shape index (κ3) is 4.18. The van der Waals surface area contributed by atoms with Crippen LogP contribution in [-0.2, 0) is 27.4 Å². The molecule has 0 spiro atoms. The average Bonchev–Trinajstić information content (AvgIpc) is 3.13. The third-order valence-electron chi connectivity index (χ3n) is 4.91. The number of aryl methyl sites for hydroxylation is 1. The second-order valence-corrected chi connectivity index (χ2v) is 7.17. The highest BCUT2D eigenvalue weighted by atomic mass is 16.5. The lowest BCUT2D eigenvalue weighted by molar-refractivity contribution is -0.144. The Morgan fingerprint density at radius 1 is 1.14 bits per heavy atom. The molecule has 1 amide bonds. The molecule has 0 atom stereocenters. The van der Waals surface area contributed by atoms with E-state index in [-0.39, 0.29) is 24.5 Å². The minimum absolute atomic E-state index is 0.0567. The van der Waals surface area contributed by atoms with Crippen LogP contribution in [0.5, 0.6) is 0 Å². The Hall–Kier alpha value is -3.48. The predicted molar refractivity (Wildman–Crippen MR) is 108 cm³/mol. The Balaban J connectivity index is 1.37. The molecule has 7 heteroatoms. The average molecular weight is 391 g/mol. The summed E-state index contributed by atoms with van der Waals surface area (Å²) in [6, 6.07) is 12.4. The van der Waals surface area contributed by atoms with Crippen molar-refractivity contribution in [1.82, 2.24) is 9.38 Å². The van der Waals surface area contributed by atoms with Crippen molar-refractivity contribution in [3.05, 3.63) is 75.8 Å². The highest BCUT2D eigenvalue weighted by Gasteiger charge is 2.21. The number of aromatic nitrogens is 2. The molecule has 1 saturated heterocycles. The molecule has 0 aliphatic carbocycles. The molecule has 1 aromatic carbocycles. The summed E-state index contributed by atoms with van der Waals surface area (Å²) in [6.07, 6.45) is 3.29. The summed E-state index contributed by atoms with van der Waals surface area (Å²) in [4.78, 5) is 42.3. The van der Waals surface area contributed by atoms with Gasteiger partial charge in [-0.2, -0.15) is 0 Å². The first-order valence-electron chi connectivity index (χ1n) is 9.53. The van der Waals surface area contributed by atoms with Gasteiger partial charge < -0.3 is 9.64 Å². The second kappa shape index (κ2) is 7.87. The van der Waals surface area contributed by atoms with Gasteiger partial charge in [0.05, 0.1) is 12.1 Å². The molecule has 2 aromatic heterocycles. The van der Waals surface area contributed by atoms with Crippen molar-refractivity contribution >= 4 is 23.2 Å². The SMILES string of the molecule is Cc1ccc2nc(COC(=O)Cc3ccc(N4CCCC4=O)cc3)cc(=O)n2c1. The Kier molecular flexibility index (Phi) is 5.12. The lowest BCUT2D eigenvalue weighted by Gasteiger charge is -2.15. The second-order valence-electron chi connectivity index (χ2n) is 7.17. The van der Waals surface area contributed by atoms with Crippen LogP contribution in [0.15, 0.2) is 53.5 Å². The van der Waals surface area contributed by atoms with Crippen molar-refractivity contribution < 1.29 is 14.3 Å². The van der Waals surface area contributed by atoms with Gasteiger partial charge in [0, 0.05) is 30.9 Å². The van der Waals surface area contributed by atoms with Gasteiger partial charge in [-0.05, 0) is 42.7 Å². The molecule has 1 aliphatic rings. The third-order valence-corrected chi connectivity index (χ3v) is 4.91. The largest absolute Gasteiger partial charge is 0.459 e. The van der Waals surface area contributed by atoms with Gasteiger partial charge in [0.15, 0.2) is 0 Å². The van der Waals surface area contributed by atoms with Crippen LogP contribution in [0.3, 0.4) is 0 Å². The van der Waals surface area contributed by atoms with Gasteiger partial charge in [0.2, 0.25) is 5.91 Å².